The molecule has 0 saturated heterocycles. The van der Waals surface area contributed by atoms with Crippen LogP contribution in [-0.4, -0.2) is 33.8 Å². The van der Waals surface area contributed by atoms with Crippen molar-refractivity contribution in [2.24, 2.45) is 5.73 Å². The van der Waals surface area contributed by atoms with E-state index in [2.05, 4.69) is 50.8 Å². The van der Waals surface area contributed by atoms with Crippen LogP contribution in [-0.2, 0) is 0 Å². The fourth-order valence-corrected chi connectivity index (χ4v) is 2.59. The summed E-state index contributed by atoms with van der Waals surface area (Å²) in [7, 11) is 0. The predicted octanol–water partition coefficient (Wildman–Crippen LogP) is 3.36. The molecule has 0 amide bonds. The molecule has 20 heavy (non-hydrogen) atoms. The van der Waals surface area contributed by atoms with Crippen LogP contribution in [0.15, 0.2) is 12.4 Å². The maximum absolute atomic E-state index is 6.05. The molecule has 0 aromatic carbocycles. The molecule has 0 fully saturated rings. The van der Waals surface area contributed by atoms with Crippen molar-refractivity contribution in [3.05, 3.63) is 18.0 Å². The second kappa shape index (κ2) is 8.42. The second-order valence-corrected chi connectivity index (χ2v) is 6.14. The monoisotopic (exact) mass is 280 g/mol. The molecule has 4 heteroatoms. The van der Waals surface area contributed by atoms with E-state index in [1.165, 1.54) is 24.8 Å². The Morgan fingerprint density at radius 3 is 2.40 bits per heavy atom. The van der Waals surface area contributed by atoms with Gasteiger partial charge in [-0.1, -0.05) is 19.8 Å². The zero-order valence-electron chi connectivity index (χ0n) is 13.8. The van der Waals surface area contributed by atoms with Gasteiger partial charge in [0, 0.05) is 30.4 Å². The van der Waals surface area contributed by atoms with Crippen LogP contribution >= 0.6 is 0 Å². The highest BCUT2D eigenvalue weighted by Crippen LogP contribution is 2.23. The summed E-state index contributed by atoms with van der Waals surface area (Å²) in [6, 6.07) is 1.18. The maximum atomic E-state index is 6.05. The van der Waals surface area contributed by atoms with Gasteiger partial charge in [0.1, 0.15) is 0 Å². The fourth-order valence-electron chi connectivity index (χ4n) is 2.59. The van der Waals surface area contributed by atoms with Crippen LogP contribution in [0.2, 0.25) is 0 Å². The highest BCUT2D eigenvalue weighted by atomic mass is 15.3. The molecule has 0 aliphatic carbocycles. The molecule has 1 unspecified atom stereocenters. The minimum absolute atomic E-state index is 0.277. The number of hydrogen-bond donors (Lipinski definition) is 1. The molecule has 0 spiro atoms. The molecule has 116 valence electrons. The Balaban J connectivity index is 2.82. The number of nitrogens with zero attached hydrogens (tertiary/aromatic N) is 3. The lowest BCUT2D eigenvalue weighted by Crippen LogP contribution is -2.39. The molecular weight excluding hydrogens is 248 g/mol. The van der Waals surface area contributed by atoms with Gasteiger partial charge in [0.15, 0.2) is 0 Å². The standard InChI is InChI=1S/C16H32N4/c1-6-7-8-9-19(13(2)3)16(10-17)15-11-18-20(12-15)14(4)5/h11-14,16H,6-10,17H2,1-5H3. The Morgan fingerprint density at radius 1 is 1.25 bits per heavy atom. The van der Waals surface area contributed by atoms with E-state index in [4.69, 9.17) is 5.73 Å². The van der Waals surface area contributed by atoms with Gasteiger partial charge in [-0.15, -0.1) is 0 Å². The minimum atomic E-state index is 0.277. The van der Waals surface area contributed by atoms with Gasteiger partial charge in [-0.25, -0.2) is 0 Å². The molecule has 1 atom stereocenters. The second-order valence-electron chi connectivity index (χ2n) is 6.14. The average Bonchev–Trinajstić information content (AvgIpc) is 2.87. The predicted molar refractivity (Wildman–Crippen MR) is 85.8 cm³/mol. The first-order valence-electron chi connectivity index (χ1n) is 8.01. The molecule has 0 bridgehead atoms. The van der Waals surface area contributed by atoms with Crippen LogP contribution in [0, 0.1) is 0 Å². The van der Waals surface area contributed by atoms with Crippen LogP contribution in [0.3, 0.4) is 0 Å². The van der Waals surface area contributed by atoms with Crippen molar-refractivity contribution in [1.29, 1.82) is 0 Å². The molecule has 1 aromatic heterocycles. The Hall–Kier alpha value is -0.870. The van der Waals surface area contributed by atoms with Gasteiger partial charge >= 0.3 is 0 Å². The zero-order chi connectivity index (χ0) is 15.1. The van der Waals surface area contributed by atoms with Gasteiger partial charge in [0.25, 0.3) is 0 Å². The molecular formula is C16H32N4. The molecule has 0 radical (unpaired) electrons. The molecule has 4 nitrogen and oxygen atoms in total. The van der Waals surface area contributed by atoms with Gasteiger partial charge in [0.05, 0.1) is 12.2 Å². The summed E-state index contributed by atoms with van der Waals surface area (Å²) in [5, 5.41) is 4.46. The molecule has 1 rings (SSSR count). The first-order chi connectivity index (χ1) is 9.51. The van der Waals surface area contributed by atoms with Gasteiger partial charge < -0.3 is 5.73 Å². The molecule has 0 aliphatic heterocycles. The van der Waals surface area contributed by atoms with Crippen LogP contribution in [0.4, 0.5) is 0 Å². The lowest BCUT2D eigenvalue weighted by Gasteiger charge is -2.34. The molecule has 0 aliphatic rings. The summed E-state index contributed by atoms with van der Waals surface area (Å²) in [4.78, 5) is 2.51. The highest BCUT2D eigenvalue weighted by Gasteiger charge is 2.22. The third-order valence-electron chi connectivity index (χ3n) is 3.84. The van der Waals surface area contributed by atoms with E-state index in [0.717, 1.165) is 6.54 Å². The van der Waals surface area contributed by atoms with Gasteiger partial charge in [-0.2, -0.15) is 5.10 Å². The first-order valence-corrected chi connectivity index (χ1v) is 8.01. The largest absolute Gasteiger partial charge is 0.329 e. The van der Waals surface area contributed by atoms with Crippen molar-refractivity contribution in [2.75, 3.05) is 13.1 Å². The topological polar surface area (TPSA) is 47.1 Å². The van der Waals surface area contributed by atoms with E-state index in [1.807, 2.05) is 10.9 Å². The Bertz CT molecular complexity index is 370. The number of unbranched alkanes of at least 4 members (excludes halogenated alkanes) is 2. The zero-order valence-corrected chi connectivity index (χ0v) is 13.8. The Kier molecular flexibility index (Phi) is 7.24. The SMILES string of the molecule is CCCCCN(C(C)C)C(CN)c1cnn(C(C)C)c1. The Labute approximate surface area is 124 Å². The van der Waals surface area contributed by atoms with Gasteiger partial charge in [-0.05, 0) is 40.7 Å². The number of hydrogen-bond acceptors (Lipinski definition) is 3. The Morgan fingerprint density at radius 2 is 1.95 bits per heavy atom. The van der Waals surface area contributed by atoms with Gasteiger partial charge in [0.2, 0.25) is 0 Å². The van der Waals surface area contributed by atoms with E-state index in [-0.39, 0.29) is 6.04 Å². The van der Waals surface area contributed by atoms with E-state index < -0.39 is 0 Å². The van der Waals surface area contributed by atoms with Crippen LogP contribution < -0.4 is 5.73 Å². The van der Waals surface area contributed by atoms with Gasteiger partial charge in [-0.3, -0.25) is 9.58 Å². The summed E-state index contributed by atoms with van der Waals surface area (Å²) in [6.07, 6.45) is 7.91. The van der Waals surface area contributed by atoms with Crippen molar-refractivity contribution in [1.82, 2.24) is 14.7 Å². The number of aromatic nitrogens is 2. The van der Waals surface area contributed by atoms with Crippen molar-refractivity contribution in [3.8, 4) is 0 Å². The lowest BCUT2D eigenvalue weighted by molar-refractivity contribution is 0.154. The highest BCUT2D eigenvalue weighted by molar-refractivity contribution is 5.12. The first kappa shape index (κ1) is 17.2. The summed E-state index contributed by atoms with van der Waals surface area (Å²) in [6.45, 7) is 12.8. The average molecular weight is 280 g/mol. The van der Waals surface area contributed by atoms with Crippen molar-refractivity contribution in [2.45, 2.75) is 72.0 Å². The van der Waals surface area contributed by atoms with Crippen LogP contribution in [0.25, 0.3) is 0 Å². The summed E-state index contributed by atoms with van der Waals surface area (Å²) < 4.78 is 2.02. The van der Waals surface area contributed by atoms with E-state index >= 15 is 0 Å². The third-order valence-corrected chi connectivity index (χ3v) is 3.84. The molecule has 1 aromatic rings. The quantitative estimate of drug-likeness (QED) is 0.706. The van der Waals surface area contributed by atoms with Crippen LogP contribution in [0.1, 0.15) is 71.5 Å². The molecule has 1 heterocycles. The van der Waals surface area contributed by atoms with E-state index in [1.54, 1.807) is 0 Å². The van der Waals surface area contributed by atoms with Crippen LogP contribution in [0.5, 0.6) is 0 Å². The fraction of sp³-hybridized carbons (Fsp3) is 0.812. The summed E-state index contributed by atoms with van der Waals surface area (Å²) in [5.74, 6) is 0. The number of rotatable bonds is 9. The van der Waals surface area contributed by atoms with E-state index in [9.17, 15) is 0 Å². The molecule has 2 N–H and O–H groups in total. The van der Waals surface area contributed by atoms with Crippen molar-refractivity contribution >= 4 is 0 Å². The summed E-state index contributed by atoms with van der Waals surface area (Å²) in [5.41, 5.74) is 7.30. The number of nitrogens with two attached hydrogens (primary N) is 1. The normalized spacial score (nSPS) is 13.7. The third kappa shape index (κ3) is 4.60. The lowest BCUT2D eigenvalue weighted by atomic mass is 10.1. The van der Waals surface area contributed by atoms with Crippen molar-refractivity contribution < 1.29 is 0 Å². The molecule has 0 saturated carbocycles. The van der Waals surface area contributed by atoms with E-state index in [0.29, 0.717) is 18.6 Å². The summed E-state index contributed by atoms with van der Waals surface area (Å²) >= 11 is 0. The maximum Gasteiger partial charge on any atom is 0.0538 e. The van der Waals surface area contributed by atoms with Crippen molar-refractivity contribution in [3.63, 3.8) is 0 Å². The smallest absolute Gasteiger partial charge is 0.0538 e. The minimum Gasteiger partial charge on any atom is -0.329 e.